The molecule has 1 atom stereocenters. The lowest BCUT2D eigenvalue weighted by atomic mass is 10.1. The summed E-state index contributed by atoms with van der Waals surface area (Å²) in [6.07, 6.45) is 1.08. The molecule has 4 nitrogen and oxygen atoms in total. The van der Waals surface area contributed by atoms with Crippen molar-refractivity contribution >= 4 is 31.0 Å². The molecule has 0 aliphatic heterocycles. The number of ketones is 1. The molecule has 0 radical (unpaired) electrons. The fourth-order valence-corrected chi connectivity index (χ4v) is 2.49. The average molecular weight is 335 g/mol. The lowest BCUT2D eigenvalue weighted by molar-refractivity contribution is 0.0982. The maximum absolute atomic E-state index is 12.2. The van der Waals surface area contributed by atoms with Crippen LogP contribution in [0, 0.1) is 0 Å². The zero-order valence-electron chi connectivity index (χ0n) is 10.6. The third-order valence-electron chi connectivity index (χ3n) is 2.43. The van der Waals surface area contributed by atoms with Gasteiger partial charge in [0, 0.05) is 12.5 Å². The maximum atomic E-state index is 12.2. The van der Waals surface area contributed by atoms with Crippen LogP contribution < -0.4 is 14.2 Å². The predicted molar refractivity (Wildman–Crippen MR) is 77.3 cm³/mol. The van der Waals surface area contributed by atoms with Gasteiger partial charge in [-0.1, -0.05) is 0 Å². The second-order valence-electron chi connectivity index (χ2n) is 3.46. The minimum Gasteiger partial charge on any atom is -0.495 e. The van der Waals surface area contributed by atoms with Gasteiger partial charge in [0.1, 0.15) is 11.3 Å². The van der Waals surface area contributed by atoms with Gasteiger partial charge in [0.2, 0.25) is 0 Å². The molecule has 0 bridgehead atoms. The molecule has 0 saturated heterocycles. The summed E-state index contributed by atoms with van der Waals surface area (Å²) in [6.45, 7) is 0. The fourth-order valence-electron chi connectivity index (χ4n) is 1.66. The van der Waals surface area contributed by atoms with E-state index in [0.717, 1.165) is 0 Å². The highest BCUT2D eigenvalue weighted by Gasteiger charge is 2.24. The zero-order valence-corrected chi connectivity index (χ0v) is 13.3. The molecule has 0 aromatic heterocycles. The topological polar surface area (TPSA) is 44.8 Å². The molecule has 0 saturated carbocycles. The van der Waals surface area contributed by atoms with E-state index in [0.29, 0.717) is 39.9 Å². The molecule has 0 aliphatic rings. The van der Waals surface area contributed by atoms with Gasteiger partial charge in [-0.2, -0.15) is 0 Å². The van der Waals surface area contributed by atoms with E-state index < -0.39 is 0 Å². The largest absolute Gasteiger partial charge is 0.495 e. The third kappa shape index (κ3) is 2.96. The Balaban J connectivity index is 3.50. The van der Waals surface area contributed by atoms with Crippen LogP contribution >= 0.6 is 25.2 Å². The monoisotopic (exact) mass is 334 g/mol. The molecule has 6 heteroatoms. The summed E-state index contributed by atoms with van der Waals surface area (Å²) in [5.41, 5.74) is 0.411. The van der Waals surface area contributed by atoms with Gasteiger partial charge in [0.05, 0.1) is 25.8 Å². The quantitative estimate of drug-likeness (QED) is 0.592. The number of Topliss-reactive ketones (excluding diaryl/α,β-unsaturated/α-hetero) is 1. The summed E-state index contributed by atoms with van der Waals surface area (Å²) in [5, 5.41) is 0. The second kappa shape index (κ2) is 6.95. The van der Waals surface area contributed by atoms with Crippen LogP contribution in [0.3, 0.4) is 0 Å². The molecular formula is C12H16BrO4P. The van der Waals surface area contributed by atoms with Crippen LogP contribution in [0.4, 0.5) is 0 Å². The Morgan fingerprint density at radius 1 is 1.22 bits per heavy atom. The third-order valence-corrected chi connectivity index (χ3v) is 3.31. The van der Waals surface area contributed by atoms with E-state index in [9.17, 15) is 4.79 Å². The number of hydrogen-bond donors (Lipinski definition) is 0. The number of methoxy groups -OCH3 is 3. The molecule has 0 N–H and O–H groups in total. The number of benzene rings is 1. The van der Waals surface area contributed by atoms with Gasteiger partial charge in [0.25, 0.3) is 0 Å². The first kappa shape index (κ1) is 15.3. The Kier molecular flexibility index (Phi) is 5.89. The summed E-state index contributed by atoms with van der Waals surface area (Å²) >= 11 is 3.36. The number of carbonyl (C=O) groups excluding carboxylic acids is 1. The molecule has 1 rings (SSSR count). The van der Waals surface area contributed by atoms with Crippen molar-refractivity contribution in [3.63, 3.8) is 0 Å². The van der Waals surface area contributed by atoms with Gasteiger partial charge in [-0.05, 0) is 22.1 Å². The van der Waals surface area contributed by atoms with Crippen molar-refractivity contribution in [1.29, 1.82) is 0 Å². The van der Waals surface area contributed by atoms with Crippen LogP contribution in [0.1, 0.15) is 16.8 Å². The number of carbonyl (C=O) groups is 1. The maximum Gasteiger partial charge on any atom is 0.175 e. The molecule has 1 aromatic carbocycles. The van der Waals surface area contributed by atoms with Crippen LogP contribution in [0.15, 0.2) is 10.5 Å². The van der Waals surface area contributed by atoms with Crippen LogP contribution in [0.25, 0.3) is 0 Å². The fraction of sp³-hybridized carbons (Fsp3) is 0.417. The Labute approximate surface area is 117 Å². The van der Waals surface area contributed by atoms with Gasteiger partial charge >= 0.3 is 0 Å². The SMILES string of the molecule is COc1cc(Br)c(OC)c(C(=O)CCP)c1OC. The van der Waals surface area contributed by atoms with Gasteiger partial charge in [0.15, 0.2) is 17.3 Å². The Hall–Kier alpha value is -0.800. The number of rotatable bonds is 6. The van der Waals surface area contributed by atoms with Crippen LogP contribution in [-0.4, -0.2) is 33.3 Å². The van der Waals surface area contributed by atoms with Crippen molar-refractivity contribution in [3.05, 3.63) is 16.1 Å². The van der Waals surface area contributed by atoms with E-state index >= 15 is 0 Å². The minimum absolute atomic E-state index is 0.0432. The van der Waals surface area contributed by atoms with E-state index in [1.807, 2.05) is 0 Å². The van der Waals surface area contributed by atoms with E-state index in [4.69, 9.17) is 14.2 Å². The molecular weight excluding hydrogens is 319 g/mol. The van der Waals surface area contributed by atoms with Crippen molar-refractivity contribution in [2.24, 2.45) is 0 Å². The first-order chi connectivity index (χ1) is 8.60. The lowest BCUT2D eigenvalue weighted by Crippen LogP contribution is -2.07. The van der Waals surface area contributed by atoms with Crippen molar-refractivity contribution in [1.82, 2.24) is 0 Å². The van der Waals surface area contributed by atoms with Crippen molar-refractivity contribution in [3.8, 4) is 17.2 Å². The highest BCUT2D eigenvalue weighted by Crippen LogP contribution is 2.43. The Morgan fingerprint density at radius 2 is 1.83 bits per heavy atom. The Bertz CT molecular complexity index is 448. The average Bonchev–Trinajstić information content (AvgIpc) is 2.37. The summed E-state index contributed by atoms with van der Waals surface area (Å²) in [6, 6.07) is 1.72. The van der Waals surface area contributed by atoms with Gasteiger partial charge < -0.3 is 14.2 Å². The summed E-state index contributed by atoms with van der Waals surface area (Å²) in [4.78, 5) is 12.2. The van der Waals surface area contributed by atoms with E-state index in [1.54, 1.807) is 6.07 Å². The molecule has 0 fully saturated rings. The second-order valence-corrected chi connectivity index (χ2v) is 4.90. The molecule has 0 amide bonds. The highest BCUT2D eigenvalue weighted by molar-refractivity contribution is 9.10. The number of halogens is 1. The molecule has 0 heterocycles. The Morgan fingerprint density at radius 3 is 2.28 bits per heavy atom. The minimum atomic E-state index is -0.0432. The molecule has 100 valence electrons. The highest BCUT2D eigenvalue weighted by atomic mass is 79.9. The van der Waals surface area contributed by atoms with Gasteiger partial charge in [-0.3, -0.25) is 4.79 Å². The smallest absolute Gasteiger partial charge is 0.175 e. The number of ether oxygens (including phenoxy) is 3. The van der Waals surface area contributed by atoms with E-state index in [1.165, 1.54) is 21.3 Å². The van der Waals surface area contributed by atoms with Gasteiger partial charge in [-0.25, -0.2) is 0 Å². The normalized spacial score (nSPS) is 10.1. The number of hydrogen-bond acceptors (Lipinski definition) is 4. The lowest BCUT2D eigenvalue weighted by Gasteiger charge is -2.16. The summed E-state index contributed by atoms with van der Waals surface area (Å²) < 4.78 is 16.4. The van der Waals surface area contributed by atoms with Crippen molar-refractivity contribution in [2.75, 3.05) is 27.5 Å². The summed E-state index contributed by atoms with van der Waals surface area (Å²) in [7, 11) is 7.08. The van der Waals surface area contributed by atoms with Crippen LogP contribution in [0.5, 0.6) is 17.2 Å². The molecule has 1 aromatic rings. The van der Waals surface area contributed by atoms with Crippen LogP contribution in [0.2, 0.25) is 0 Å². The standard InChI is InChI=1S/C12H16BrO4P/c1-15-9-6-7(13)11(16-2)10(12(9)17-3)8(14)4-5-18/h6H,4-5,18H2,1-3H3. The zero-order chi connectivity index (χ0) is 13.7. The van der Waals surface area contributed by atoms with Crippen molar-refractivity contribution < 1.29 is 19.0 Å². The van der Waals surface area contributed by atoms with Crippen molar-refractivity contribution in [2.45, 2.75) is 6.42 Å². The summed E-state index contributed by atoms with van der Waals surface area (Å²) in [5.74, 6) is 1.33. The molecule has 1 unspecified atom stereocenters. The van der Waals surface area contributed by atoms with Gasteiger partial charge in [-0.15, -0.1) is 9.24 Å². The van der Waals surface area contributed by atoms with Crippen LogP contribution in [-0.2, 0) is 0 Å². The molecule has 18 heavy (non-hydrogen) atoms. The predicted octanol–water partition coefficient (Wildman–Crippen LogP) is 2.92. The first-order valence-electron chi connectivity index (χ1n) is 5.32. The molecule has 0 spiro atoms. The molecule has 0 aliphatic carbocycles. The van der Waals surface area contributed by atoms with E-state index in [-0.39, 0.29) is 5.78 Å². The first-order valence-corrected chi connectivity index (χ1v) is 6.93. The van der Waals surface area contributed by atoms with E-state index in [2.05, 4.69) is 25.2 Å².